The summed E-state index contributed by atoms with van der Waals surface area (Å²) in [6.07, 6.45) is -4.84. The molecule has 0 atom stereocenters. The SMILES string of the molecule is O=C(O)c1cccc(-c2cccc(NN=C3C(=O)N(c4ccc(OC(F)(F)F)cc4)c4ccccc43)c2O)c1. The fourth-order valence-corrected chi connectivity index (χ4v) is 4.16. The number of hydrogen-bond donors (Lipinski definition) is 3. The second kappa shape index (κ2) is 9.86. The topological polar surface area (TPSA) is 111 Å². The third kappa shape index (κ3) is 5.10. The minimum Gasteiger partial charge on any atom is -0.505 e. The number of halogens is 3. The number of rotatable bonds is 6. The van der Waals surface area contributed by atoms with Gasteiger partial charge in [-0.05, 0) is 54.1 Å². The molecule has 1 aliphatic rings. The molecule has 8 nitrogen and oxygen atoms in total. The van der Waals surface area contributed by atoms with Crippen LogP contribution in [0.3, 0.4) is 0 Å². The number of para-hydroxylation sites is 2. The summed E-state index contributed by atoms with van der Waals surface area (Å²) >= 11 is 0. The molecule has 4 aromatic rings. The van der Waals surface area contributed by atoms with Gasteiger partial charge >= 0.3 is 12.3 Å². The number of anilines is 3. The summed E-state index contributed by atoms with van der Waals surface area (Å²) in [6, 6.07) is 22.5. The van der Waals surface area contributed by atoms with E-state index in [-0.39, 0.29) is 22.7 Å². The van der Waals surface area contributed by atoms with Gasteiger partial charge in [0, 0.05) is 16.8 Å². The van der Waals surface area contributed by atoms with Crippen molar-refractivity contribution in [1.29, 1.82) is 0 Å². The number of benzene rings is 4. The molecule has 1 aliphatic heterocycles. The molecule has 1 heterocycles. The lowest BCUT2D eigenvalue weighted by atomic mass is 10.0. The number of aromatic hydroxyl groups is 1. The Kier molecular flexibility index (Phi) is 6.40. The minimum absolute atomic E-state index is 0.0129. The molecule has 0 bridgehead atoms. The molecule has 0 spiro atoms. The molecule has 5 rings (SSSR count). The highest BCUT2D eigenvalue weighted by atomic mass is 19.4. The quantitative estimate of drug-likeness (QED) is 0.203. The molecule has 11 heteroatoms. The highest BCUT2D eigenvalue weighted by molar-refractivity contribution is 6.55. The third-order valence-electron chi connectivity index (χ3n) is 5.88. The number of ether oxygens (including phenoxy) is 1. The molecule has 0 unspecified atom stereocenters. The van der Waals surface area contributed by atoms with Crippen molar-refractivity contribution in [2.45, 2.75) is 6.36 Å². The second-order valence-corrected chi connectivity index (χ2v) is 8.36. The van der Waals surface area contributed by atoms with Gasteiger partial charge in [-0.1, -0.05) is 42.5 Å². The predicted octanol–water partition coefficient (Wildman–Crippen LogP) is 6.15. The van der Waals surface area contributed by atoms with Crippen LogP contribution in [-0.4, -0.2) is 34.2 Å². The number of hydrazone groups is 1. The van der Waals surface area contributed by atoms with Crippen molar-refractivity contribution in [3.8, 4) is 22.6 Å². The number of nitrogens with one attached hydrogen (secondary N) is 1. The molecule has 196 valence electrons. The molecule has 39 heavy (non-hydrogen) atoms. The average Bonchev–Trinajstić information content (AvgIpc) is 3.18. The number of nitrogens with zero attached hydrogens (tertiary/aromatic N) is 2. The van der Waals surface area contributed by atoms with Crippen molar-refractivity contribution < 1.29 is 37.7 Å². The van der Waals surface area contributed by atoms with Crippen LogP contribution in [0, 0.1) is 0 Å². The van der Waals surface area contributed by atoms with E-state index in [0.717, 1.165) is 12.1 Å². The molecule has 0 aromatic heterocycles. The molecule has 4 aromatic carbocycles. The normalized spacial score (nSPS) is 13.9. The Morgan fingerprint density at radius 2 is 1.59 bits per heavy atom. The Balaban J connectivity index is 1.45. The first-order chi connectivity index (χ1) is 18.6. The van der Waals surface area contributed by atoms with Gasteiger partial charge in [0.25, 0.3) is 5.91 Å². The van der Waals surface area contributed by atoms with Gasteiger partial charge in [-0.15, -0.1) is 13.2 Å². The number of fused-ring (bicyclic) bond motifs is 1. The van der Waals surface area contributed by atoms with E-state index in [2.05, 4.69) is 15.3 Å². The molecular formula is C28H18F3N3O5. The van der Waals surface area contributed by atoms with Crippen molar-refractivity contribution in [2.24, 2.45) is 5.10 Å². The van der Waals surface area contributed by atoms with E-state index in [9.17, 15) is 33.0 Å². The van der Waals surface area contributed by atoms with Gasteiger partial charge in [-0.3, -0.25) is 15.1 Å². The second-order valence-electron chi connectivity index (χ2n) is 8.36. The number of alkyl halides is 3. The van der Waals surface area contributed by atoms with Crippen molar-refractivity contribution in [3.63, 3.8) is 0 Å². The van der Waals surface area contributed by atoms with Crippen molar-refractivity contribution in [3.05, 3.63) is 102 Å². The highest BCUT2D eigenvalue weighted by Gasteiger charge is 2.36. The Labute approximate surface area is 219 Å². The Bertz CT molecular complexity index is 1620. The molecule has 0 aliphatic carbocycles. The average molecular weight is 533 g/mol. The zero-order chi connectivity index (χ0) is 27.7. The first kappa shape index (κ1) is 25.3. The summed E-state index contributed by atoms with van der Waals surface area (Å²) in [7, 11) is 0. The summed E-state index contributed by atoms with van der Waals surface area (Å²) < 4.78 is 41.5. The maximum Gasteiger partial charge on any atom is 0.573 e. The minimum atomic E-state index is -4.84. The Morgan fingerprint density at radius 1 is 0.897 bits per heavy atom. The highest BCUT2D eigenvalue weighted by Crippen LogP contribution is 2.38. The monoisotopic (exact) mass is 533 g/mol. The Morgan fingerprint density at radius 3 is 2.31 bits per heavy atom. The van der Waals surface area contributed by atoms with Gasteiger partial charge in [-0.2, -0.15) is 5.10 Å². The van der Waals surface area contributed by atoms with Gasteiger partial charge in [-0.25, -0.2) is 4.79 Å². The molecular weight excluding hydrogens is 515 g/mol. The summed E-state index contributed by atoms with van der Waals surface area (Å²) in [5, 5.41) is 24.4. The van der Waals surface area contributed by atoms with Gasteiger partial charge < -0.3 is 14.9 Å². The lowest BCUT2D eigenvalue weighted by Gasteiger charge is -2.17. The maximum atomic E-state index is 13.4. The largest absolute Gasteiger partial charge is 0.573 e. The lowest BCUT2D eigenvalue weighted by Crippen LogP contribution is -2.26. The van der Waals surface area contributed by atoms with E-state index < -0.39 is 24.0 Å². The number of carboxylic acids is 1. The molecule has 3 N–H and O–H groups in total. The Hall–Kier alpha value is -5.32. The number of hydrogen-bond acceptors (Lipinski definition) is 6. The fraction of sp³-hybridized carbons (Fsp3) is 0.0357. The third-order valence-corrected chi connectivity index (χ3v) is 5.88. The first-order valence-corrected chi connectivity index (χ1v) is 11.4. The van der Waals surface area contributed by atoms with Crippen LogP contribution in [0.2, 0.25) is 0 Å². The van der Waals surface area contributed by atoms with Crippen LogP contribution in [-0.2, 0) is 4.79 Å². The van der Waals surface area contributed by atoms with E-state index in [1.807, 2.05) is 0 Å². The molecule has 0 radical (unpaired) electrons. The summed E-state index contributed by atoms with van der Waals surface area (Å²) in [5.74, 6) is -2.29. The van der Waals surface area contributed by atoms with Gasteiger partial charge in [0.05, 0.1) is 16.9 Å². The predicted molar refractivity (Wildman–Crippen MR) is 137 cm³/mol. The van der Waals surface area contributed by atoms with Crippen LogP contribution in [0.4, 0.5) is 30.2 Å². The lowest BCUT2D eigenvalue weighted by molar-refractivity contribution is -0.274. The van der Waals surface area contributed by atoms with Gasteiger partial charge in [0.2, 0.25) is 0 Å². The number of carbonyl (C=O) groups excluding carboxylic acids is 1. The van der Waals surface area contributed by atoms with Crippen LogP contribution in [0.1, 0.15) is 15.9 Å². The van der Waals surface area contributed by atoms with Gasteiger partial charge in [0.15, 0.2) is 5.71 Å². The van der Waals surface area contributed by atoms with Crippen molar-refractivity contribution >= 4 is 34.7 Å². The molecule has 0 saturated heterocycles. The van der Waals surface area contributed by atoms with Crippen LogP contribution >= 0.6 is 0 Å². The number of carboxylic acid groups (broad SMARTS) is 1. The standard InChI is InChI=1S/C28H18F3N3O5/c29-28(30,31)39-19-13-11-18(12-14-19)34-23-10-2-1-7-21(23)24(26(34)36)33-32-22-9-4-8-20(25(22)35)16-5-3-6-17(15-16)27(37)38/h1-15,32,35H,(H,37,38). The molecule has 0 fully saturated rings. The maximum absolute atomic E-state index is 13.4. The summed E-state index contributed by atoms with van der Waals surface area (Å²) in [6.45, 7) is 0. The fourth-order valence-electron chi connectivity index (χ4n) is 4.16. The number of phenolic OH excluding ortho intramolecular Hbond substituents is 1. The van der Waals surface area contributed by atoms with E-state index in [1.165, 1.54) is 35.2 Å². The van der Waals surface area contributed by atoms with Crippen LogP contribution in [0.5, 0.6) is 11.5 Å². The summed E-state index contributed by atoms with van der Waals surface area (Å²) in [4.78, 5) is 26.0. The van der Waals surface area contributed by atoms with Crippen molar-refractivity contribution in [2.75, 3.05) is 10.3 Å². The number of phenols is 1. The van der Waals surface area contributed by atoms with Crippen LogP contribution in [0.15, 0.2) is 96.1 Å². The molecule has 0 saturated carbocycles. The van der Waals surface area contributed by atoms with E-state index in [1.54, 1.807) is 48.5 Å². The van der Waals surface area contributed by atoms with E-state index in [4.69, 9.17) is 0 Å². The first-order valence-electron chi connectivity index (χ1n) is 11.4. The van der Waals surface area contributed by atoms with E-state index >= 15 is 0 Å². The number of amides is 1. The number of aromatic carboxylic acids is 1. The van der Waals surface area contributed by atoms with Crippen LogP contribution < -0.4 is 15.1 Å². The van der Waals surface area contributed by atoms with E-state index in [0.29, 0.717) is 28.1 Å². The molecule has 1 amide bonds. The zero-order valence-electron chi connectivity index (χ0n) is 19.8. The smallest absolute Gasteiger partial charge is 0.505 e. The number of carbonyl (C=O) groups is 2. The van der Waals surface area contributed by atoms with Crippen molar-refractivity contribution in [1.82, 2.24) is 0 Å². The van der Waals surface area contributed by atoms with Gasteiger partial charge in [0.1, 0.15) is 11.5 Å². The van der Waals surface area contributed by atoms with Crippen LogP contribution in [0.25, 0.3) is 11.1 Å². The summed E-state index contributed by atoms with van der Waals surface area (Å²) in [5.41, 5.74) is 5.00. The zero-order valence-corrected chi connectivity index (χ0v) is 19.8.